The number of ether oxygens (including phenoxy) is 2. The van der Waals surface area contributed by atoms with Gasteiger partial charge < -0.3 is 32.4 Å². The number of hydrogen-bond donors (Lipinski definition) is 4. The molecule has 0 aromatic rings. The molecule has 2 amide bonds. The van der Waals surface area contributed by atoms with Gasteiger partial charge in [0.05, 0.1) is 0 Å². The first-order valence-corrected chi connectivity index (χ1v) is 6.65. The minimum atomic E-state index is -0.971. The van der Waals surface area contributed by atoms with Crippen LogP contribution in [0.1, 0.15) is 25.7 Å². The zero-order valence-electron chi connectivity index (χ0n) is 12.2. The van der Waals surface area contributed by atoms with E-state index >= 15 is 0 Å². The molecule has 0 aromatic carbocycles. The van der Waals surface area contributed by atoms with Gasteiger partial charge in [-0.2, -0.15) is 0 Å². The molecule has 0 spiro atoms. The maximum atomic E-state index is 11.4. The van der Waals surface area contributed by atoms with Gasteiger partial charge in [-0.15, -0.1) is 0 Å². The Morgan fingerprint density at radius 2 is 1.05 bits per heavy atom. The van der Waals surface area contributed by atoms with Crippen LogP contribution in [0.2, 0.25) is 0 Å². The third-order valence-electron chi connectivity index (χ3n) is 2.58. The Morgan fingerprint density at radius 1 is 0.727 bits per heavy atom. The molecular formula is C12H22N4O6. The van der Waals surface area contributed by atoms with Crippen molar-refractivity contribution in [2.75, 3.05) is 13.2 Å². The van der Waals surface area contributed by atoms with Crippen LogP contribution in [0.25, 0.3) is 0 Å². The fraction of sp³-hybridized carbons (Fsp3) is 0.667. The molecule has 0 fully saturated rings. The number of primary amides is 2. The molecule has 0 aliphatic heterocycles. The van der Waals surface area contributed by atoms with E-state index in [0.29, 0.717) is 0 Å². The maximum Gasteiger partial charge on any atom is 0.323 e. The second-order valence-corrected chi connectivity index (χ2v) is 4.56. The van der Waals surface area contributed by atoms with Gasteiger partial charge in [-0.3, -0.25) is 19.2 Å². The summed E-state index contributed by atoms with van der Waals surface area (Å²) in [6.07, 6.45) is 0.0951. The summed E-state index contributed by atoms with van der Waals surface area (Å²) in [4.78, 5) is 43.9. The van der Waals surface area contributed by atoms with Crippen LogP contribution in [0, 0.1) is 0 Å². The van der Waals surface area contributed by atoms with Gasteiger partial charge in [0.1, 0.15) is 25.3 Å². The molecule has 0 radical (unpaired) electrons. The second-order valence-electron chi connectivity index (χ2n) is 4.56. The number of carbonyl (C=O) groups excluding carboxylic acids is 4. The molecule has 126 valence electrons. The quantitative estimate of drug-likeness (QED) is 0.233. The Labute approximate surface area is 127 Å². The molecule has 0 aromatic heterocycles. The summed E-state index contributed by atoms with van der Waals surface area (Å²) < 4.78 is 9.51. The van der Waals surface area contributed by atoms with Crippen LogP contribution in [0.5, 0.6) is 0 Å². The van der Waals surface area contributed by atoms with Crippen LogP contribution in [0.3, 0.4) is 0 Å². The molecule has 2 atom stereocenters. The maximum absolute atomic E-state index is 11.4. The first-order valence-electron chi connectivity index (χ1n) is 6.65. The molecule has 0 unspecified atom stereocenters. The van der Waals surface area contributed by atoms with Gasteiger partial charge in [-0.05, 0) is 12.8 Å². The van der Waals surface area contributed by atoms with Crippen LogP contribution in [-0.4, -0.2) is 49.1 Å². The Balaban J connectivity index is 3.82. The molecule has 0 rings (SSSR count). The largest absolute Gasteiger partial charge is 0.461 e. The Kier molecular flexibility index (Phi) is 9.46. The lowest BCUT2D eigenvalue weighted by molar-refractivity contribution is -0.154. The van der Waals surface area contributed by atoms with E-state index in [-0.39, 0.29) is 38.9 Å². The monoisotopic (exact) mass is 318 g/mol. The van der Waals surface area contributed by atoms with Gasteiger partial charge in [-0.25, -0.2) is 0 Å². The molecule has 0 heterocycles. The molecule has 10 heteroatoms. The third kappa shape index (κ3) is 9.66. The minimum Gasteiger partial charge on any atom is -0.461 e. The summed E-state index contributed by atoms with van der Waals surface area (Å²) in [7, 11) is 0. The van der Waals surface area contributed by atoms with Crippen LogP contribution in [-0.2, 0) is 28.7 Å². The Morgan fingerprint density at radius 3 is 1.32 bits per heavy atom. The number of nitrogens with two attached hydrogens (primary N) is 4. The van der Waals surface area contributed by atoms with Crippen molar-refractivity contribution in [1.82, 2.24) is 0 Å². The van der Waals surface area contributed by atoms with Crippen molar-refractivity contribution in [2.24, 2.45) is 22.9 Å². The highest BCUT2D eigenvalue weighted by Crippen LogP contribution is 1.98. The number of carbonyl (C=O) groups is 4. The van der Waals surface area contributed by atoms with E-state index in [0.717, 1.165) is 0 Å². The summed E-state index contributed by atoms with van der Waals surface area (Å²) in [5.41, 5.74) is 20.8. The van der Waals surface area contributed by atoms with Crippen molar-refractivity contribution < 1.29 is 28.7 Å². The van der Waals surface area contributed by atoms with Gasteiger partial charge >= 0.3 is 11.9 Å². The van der Waals surface area contributed by atoms with Crippen LogP contribution in [0.15, 0.2) is 0 Å². The lowest BCUT2D eigenvalue weighted by Crippen LogP contribution is -2.36. The number of rotatable bonds is 11. The van der Waals surface area contributed by atoms with E-state index in [2.05, 4.69) is 0 Å². The van der Waals surface area contributed by atoms with Crippen molar-refractivity contribution in [3.05, 3.63) is 0 Å². The first-order chi connectivity index (χ1) is 10.2. The summed E-state index contributed by atoms with van der Waals surface area (Å²) in [5, 5.41) is 0. The normalized spacial score (nSPS) is 13.0. The van der Waals surface area contributed by atoms with Crippen molar-refractivity contribution in [3.63, 3.8) is 0 Å². The Bertz CT molecular complexity index is 376. The van der Waals surface area contributed by atoms with Crippen LogP contribution < -0.4 is 22.9 Å². The van der Waals surface area contributed by atoms with E-state index in [1.165, 1.54) is 0 Å². The molecule has 0 bridgehead atoms. The van der Waals surface area contributed by atoms with Gasteiger partial charge in [-0.1, -0.05) is 0 Å². The number of amides is 2. The lowest BCUT2D eigenvalue weighted by Gasteiger charge is -2.12. The van der Waals surface area contributed by atoms with Crippen molar-refractivity contribution in [3.8, 4) is 0 Å². The minimum absolute atomic E-state index is 0.0278. The standard InChI is InChI=1S/C12H22N4O6/c13-7(1-3-9(15)17)11(19)21-5-6-22-12(20)8(14)2-4-10(16)18/h7-8H,1-6,13-14H2,(H2,15,17)(H2,16,18)/t7-,8-/m0/s1. The SMILES string of the molecule is NC(=O)CC[C@H](N)C(=O)OCCOC(=O)[C@@H](N)CCC(N)=O. The van der Waals surface area contributed by atoms with E-state index in [1.807, 2.05) is 0 Å². The topological polar surface area (TPSA) is 191 Å². The van der Waals surface area contributed by atoms with Crippen molar-refractivity contribution >= 4 is 23.8 Å². The van der Waals surface area contributed by atoms with E-state index in [1.54, 1.807) is 0 Å². The number of esters is 2. The summed E-state index contributed by atoms with van der Waals surface area (Å²) >= 11 is 0. The van der Waals surface area contributed by atoms with E-state index in [9.17, 15) is 19.2 Å². The predicted octanol–water partition coefficient (Wildman–Crippen LogP) is -2.74. The smallest absolute Gasteiger partial charge is 0.323 e. The van der Waals surface area contributed by atoms with E-state index < -0.39 is 35.8 Å². The highest BCUT2D eigenvalue weighted by molar-refractivity contribution is 5.79. The molecule has 0 aliphatic rings. The van der Waals surface area contributed by atoms with Gasteiger partial charge in [0.15, 0.2) is 0 Å². The first kappa shape index (κ1) is 19.8. The summed E-state index contributed by atoms with van der Waals surface area (Å²) in [6.45, 7) is -0.394. The molecule has 0 saturated heterocycles. The molecule has 0 saturated carbocycles. The van der Waals surface area contributed by atoms with Crippen molar-refractivity contribution in [1.29, 1.82) is 0 Å². The van der Waals surface area contributed by atoms with Crippen LogP contribution >= 0.6 is 0 Å². The van der Waals surface area contributed by atoms with Gasteiger partial charge in [0.25, 0.3) is 0 Å². The van der Waals surface area contributed by atoms with Gasteiger partial charge in [0.2, 0.25) is 11.8 Å². The van der Waals surface area contributed by atoms with E-state index in [4.69, 9.17) is 32.4 Å². The van der Waals surface area contributed by atoms with Crippen LogP contribution in [0.4, 0.5) is 0 Å². The number of hydrogen-bond acceptors (Lipinski definition) is 8. The van der Waals surface area contributed by atoms with Crippen molar-refractivity contribution in [2.45, 2.75) is 37.8 Å². The molecule has 22 heavy (non-hydrogen) atoms. The average molecular weight is 318 g/mol. The molecular weight excluding hydrogens is 296 g/mol. The molecule has 8 N–H and O–H groups in total. The third-order valence-corrected chi connectivity index (χ3v) is 2.58. The zero-order valence-corrected chi connectivity index (χ0v) is 12.2. The highest BCUT2D eigenvalue weighted by Gasteiger charge is 2.18. The fourth-order valence-electron chi connectivity index (χ4n) is 1.33. The Hall–Kier alpha value is -2.20. The summed E-state index contributed by atoms with van der Waals surface area (Å²) in [5.74, 6) is -2.59. The second kappa shape index (κ2) is 10.5. The lowest BCUT2D eigenvalue weighted by atomic mass is 10.1. The summed E-state index contributed by atoms with van der Waals surface area (Å²) in [6, 6.07) is -1.94. The molecule has 0 aliphatic carbocycles. The van der Waals surface area contributed by atoms with Gasteiger partial charge in [0, 0.05) is 12.8 Å². The zero-order chi connectivity index (χ0) is 17.1. The molecule has 10 nitrogen and oxygen atoms in total. The predicted molar refractivity (Wildman–Crippen MR) is 74.7 cm³/mol. The fourth-order valence-corrected chi connectivity index (χ4v) is 1.33. The average Bonchev–Trinajstić information content (AvgIpc) is 2.45. The highest BCUT2D eigenvalue weighted by atomic mass is 16.6.